The monoisotopic (exact) mass is 668 g/mol. The van der Waals surface area contributed by atoms with Crippen molar-refractivity contribution in [1.29, 1.82) is 0 Å². The molecule has 1 spiro atoms. The highest BCUT2D eigenvalue weighted by atomic mass is 19.4. The summed E-state index contributed by atoms with van der Waals surface area (Å²) in [7, 11) is 0. The minimum Gasteiger partial charge on any atom is -0.207 e. The highest BCUT2D eigenvalue weighted by Gasteiger charge is 2.77. The molecule has 0 saturated carbocycles. The average Bonchev–Trinajstić information content (AvgIpc) is 3.62. The zero-order valence-electron chi connectivity index (χ0n) is 29.2. The van der Waals surface area contributed by atoms with Crippen LogP contribution < -0.4 is 9.13 Å². The van der Waals surface area contributed by atoms with Gasteiger partial charge < -0.3 is 0 Å². The van der Waals surface area contributed by atoms with Gasteiger partial charge in [0.25, 0.3) is 0 Å². The van der Waals surface area contributed by atoms with Crippen LogP contribution in [0.1, 0.15) is 108 Å². The number of alkyl halides is 3. The van der Waals surface area contributed by atoms with Crippen molar-refractivity contribution in [2.75, 3.05) is 0 Å². The number of rotatable bonds is 8. The number of unbranched alkanes of at least 4 members (excludes halogenated alkanes) is 1. The van der Waals surface area contributed by atoms with Gasteiger partial charge in [-0.25, -0.2) is 4.39 Å². The van der Waals surface area contributed by atoms with Crippen molar-refractivity contribution in [1.82, 2.24) is 9.78 Å². The van der Waals surface area contributed by atoms with E-state index in [1.807, 2.05) is 30.5 Å². The second kappa shape index (κ2) is 10.7. The Balaban J connectivity index is 1.61. The van der Waals surface area contributed by atoms with Crippen LogP contribution in [0, 0.1) is 11.7 Å². The van der Waals surface area contributed by atoms with Crippen LogP contribution in [-0.4, -0.2) is 9.78 Å². The largest absolute Gasteiger partial charge is 0.478 e. The minimum atomic E-state index is -4.62. The summed E-state index contributed by atoms with van der Waals surface area (Å²) in [6.07, 6.45) is 5.52. The Bertz CT molecular complexity index is 2160. The summed E-state index contributed by atoms with van der Waals surface area (Å²) in [6, 6.07) is 17.0. The molecule has 0 N–H and O–H groups in total. The molecular formula is C41H44F4N4+2. The Labute approximate surface area is 285 Å². The Morgan fingerprint density at radius 3 is 2.41 bits per heavy atom. The van der Waals surface area contributed by atoms with Crippen molar-refractivity contribution in [3.63, 3.8) is 0 Å². The third kappa shape index (κ3) is 4.00. The van der Waals surface area contributed by atoms with Gasteiger partial charge in [0.1, 0.15) is 11.5 Å². The van der Waals surface area contributed by atoms with E-state index >= 15 is 4.39 Å². The lowest BCUT2D eigenvalue weighted by Gasteiger charge is -2.47. The summed E-state index contributed by atoms with van der Waals surface area (Å²) >= 11 is 0. The van der Waals surface area contributed by atoms with Crippen LogP contribution in [0.4, 0.5) is 17.6 Å². The molecule has 0 radical (unpaired) electrons. The fourth-order valence-corrected chi connectivity index (χ4v) is 9.78. The molecule has 2 aromatic carbocycles. The Morgan fingerprint density at radius 1 is 0.918 bits per heavy atom. The molecule has 0 saturated heterocycles. The standard InChI is InChI=1S/C41H44F4N4/c1-7-9-14-26-16-17-28-34-27(26)20-23-48-37(34)35-29(18-19-30(42)36(35)38(28,5)6)39(8-2,21-12-13-25(3)4)41(48)47-22-11-10-15-31(47)32-24-33(40(43,44)45)46-49(32)41/h10-11,15-20,22-25H,7-9,12-14,21H2,1-6H3/q+2. The van der Waals surface area contributed by atoms with Crippen molar-refractivity contribution in [3.05, 3.63) is 101 Å². The van der Waals surface area contributed by atoms with E-state index in [1.54, 1.807) is 10.7 Å². The molecule has 4 nitrogen and oxygen atoms in total. The van der Waals surface area contributed by atoms with Crippen LogP contribution in [0.3, 0.4) is 0 Å². The number of aryl methyl sites for hydroxylation is 1. The van der Waals surface area contributed by atoms with E-state index in [1.165, 1.54) is 11.6 Å². The van der Waals surface area contributed by atoms with Crippen LogP contribution in [-0.2, 0) is 29.2 Å². The molecule has 1 aliphatic carbocycles. The molecule has 3 aromatic heterocycles. The second-order valence-corrected chi connectivity index (χ2v) is 15.3. The van der Waals surface area contributed by atoms with Crippen molar-refractivity contribution in [3.8, 4) is 22.6 Å². The second-order valence-electron chi connectivity index (χ2n) is 15.3. The average molecular weight is 669 g/mol. The van der Waals surface area contributed by atoms with E-state index in [2.05, 4.69) is 80.2 Å². The number of benzene rings is 2. The summed E-state index contributed by atoms with van der Waals surface area (Å²) in [5.41, 5.74) is 4.41. The quantitative estimate of drug-likeness (QED) is 0.119. The van der Waals surface area contributed by atoms with Crippen molar-refractivity contribution < 1.29 is 26.7 Å². The molecular weight excluding hydrogens is 624 g/mol. The molecule has 5 heterocycles. The number of nitrogens with zero attached hydrogens (tertiary/aromatic N) is 4. The van der Waals surface area contributed by atoms with Gasteiger partial charge >= 0.3 is 12.0 Å². The molecule has 49 heavy (non-hydrogen) atoms. The number of hydrogen-bond donors (Lipinski definition) is 0. The predicted molar refractivity (Wildman–Crippen MR) is 183 cm³/mol. The zero-order chi connectivity index (χ0) is 34.7. The smallest absolute Gasteiger partial charge is 0.207 e. The maximum Gasteiger partial charge on any atom is 0.478 e. The van der Waals surface area contributed by atoms with Gasteiger partial charge in [-0.2, -0.15) is 18.3 Å². The number of pyridine rings is 2. The van der Waals surface area contributed by atoms with Gasteiger partial charge in [0.15, 0.2) is 23.5 Å². The molecule has 5 aromatic rings. The Morgan fingerprint density at radius 2 is 1.69 bits per heavy atom. The topological polar surface area (TPSA) is 25.6 Å². The van der Waals surface area contributed by atoms with Crippen LogP contribution in [0.15, 0.2) is 67.0 Å². The Hall–Kier alpha value is -4.07. The lowest BCUT2D eigenvalue weighted by Crippen LogP contribution is -2.85. The first-order chi connectivity index (χ1) is 23.3. The van der Waals surface area contributed by atoms with E-state index in [0.717, 1.165) is 65.3 Å². The first-order valence-electron chi connectivity index (χ1n) is 17.9. The van der Waals surface area contributed by atoms with Gasteiger partial charge in [0.05, 0.1) is 10.9 Å². The maximum atomic E-state index is 16.6. The van der Waals surface area contributed by atoms with E-state index in [-0.39, 0.29) is 5.82 Å². The lowest BCUT2D eigenvalue weighted by atomic mass is 9.59. The van der Waals surface area contributed by atoms with Gasteiger partial charge in [0.2, 0.25) is 11.4 Å². The number of halogens is 4. The fraction of sp³-hybridized carbons (Fsp3) is 0.439. The van der Waals surface area contributed by atoms with Crippen molar-refractivity contribution in [2.45, 2.75) is 109 Å². The van der Waals surface area contributed by atoms with E-state index in [9.17, 15) is 13.2 Å². The third-order valence-electron chi connectivity index (χ3n) is 11.9. The summed E-state index contributed by atoms with van der Waals surface area (Å²) in [5, 5.41) is 6.69. The maximum absolute atomic E-state index is 16.6. The summed E-state index contributed by atoms with van der Waals surface area (Å²) in [4.78, 5) is 0. The Kier molecular flexibility index (Phi) is 7.03. The first-order valence-corrected chi connectivity index (χ1v) is 17.9. The van der Waals surface area contributed by atoms with Crippen LogP contribution in [0.25, 0.3) is 33.4 Å². The normalized spacial score (nSPS) is 21.1. The van der Waals surface area contributed by atoms with Gasteiger partial charge in [-0.05, 0) is 65.8 Å². The third-order valence-corrected chi connectivity index (χ3v) is 11.9. The molecule has 2 aliphatic heterocycles. The number of fused-ring (bicyclic) bond motifs is 6. The molecule has 3 aliphatic rings. The van der Waals surface area contributed by atoms with E-state index < -0.39 is 28.5 Å². The molecule has 8 heteroatoms. The van der Waals surface area contributed by atoms with E-state index in [4.69, 9.17) is 0 Å². The van der Waals surface area contributed by atoms with Gasteiger partial charge in [-0.15, -0.1) is 13.8 Å². The summed E-state index contributed by atoms with van der Waals surface area (Å²) in [6.45, 7) is 13.0. The highest BCUT2D eigenvalue weighted by molar-refractivity contribution is 6.02. The van der Waals surface area contributed by atoms with E-state index in [0.29, 0.717) is 35.7 Å². The molecule has 0 bridgehead atoms. The van der Waals surface area contributed by atoms with Gasteiger partial charge in [0, 0.05) is 35.2 Å². The summed E-state index contributed by atoms with van der Waals surface area (Å²) in [5.74, 6) is -1.06. The van der Waals surface area contributed by atoms with Crippen LogP contribution >= 0.6 is 0 Å². The predicted octanol–water partition coefficient (Wildman–Crippen LogP) is 9.59. The van der Waals surface area contributed by atoms with Gasteiger partial charge in [-0.3, -0.25) is 0 Å². The molecule has 0 fully saturated rings. The lowest BCUT2D eigenvalue weighted by molar-refractivity contribution is -1.000. The number of aromatic nitrogens is 4. The molecule has 0 amide bonds. The van der Waals surface area contributed by atoms with Crippen LogP contribution in [0.5, 0.6) is 0 Å². The highest BCUT2D eigenvalue weighted by Crippen LogP contribution is 2.60. The van der Waals surface area contributed by atoms with Gasteiger partial charge in [-0.1, -0.05) is 79.0 Å². The SMILES string of the molecule is CCCCc1ccc2c3c4[n+](ccc13)C1(n3nc(C(F)(F)F)cc3-c3cccc[n+]31)C(CC)(CCCC(C)C)c1ccc(F)c(c1-4)C2(C)C. The number of hydrogen-bond acceptors (Lipinski definition) is 1. The van der Waals surface area contributed by atoms with Crippen molar-refractivity contribution >= 4 is 10.8 Å². The molecule has 2 atom stereocenters. The first kappa shape index (κ1) is 32.2. The van der Waals surface area contributed by atoms with Crippen molar-refractivity contribution in [2.24, 2.45) is 5.92 Å². The molecule has 8 rings (SSSR count). The van der Waals surface area contributed by atoms with Crippen LogP contribution in [0.2, 0.25) is 0 Å². The minimum absolute atomic E-state index is 0.255. The summed E-state index contributed by atoms with van der Waals surface area (Å²) < 4.78 is 66.3. The fourth-order valence-electron chi connectivity index (χ4n) is 9.78. The zero-order valence-corrected chi connectivity index (χ0v) is 29.2. The molecule has 254 valence electrons. The molecule has 2 unspecified atom stereocenters.